The average Bonchev–Trinajstić information content (AvgIpc) is 3.60. The fourth-order valence-corrected chi connectivity index (χ4v) is 4.76. The van der Waals surface area contributed by atoms with Gasteiger partial charge in [0.1, 0.15) is 5.75 Å². The van der Waals surface area contributed by atoms with Crippen LogP contribution in [0, 0.1) is 12.7 Å². The first-order chi connectivity index (χ1) is 19.4. The van der Waals surface area contributed by atoms with E-state index in [1.807, 2.05) is 31.3 Å². The van der Waals surface area contributed by atoms with Crippen molar-refractivity contribution in [1.29, 1.82) is 0 Å². The Morgan fingerprint density at radius 1 is 1.00 bits per heavy atom. The quantitative estimate of drug-likeness (QED) is 0.263. The molecule has 6 aromatic rings. The largest absolute Gasteiger partial charge is 0.454 e. The highest BCUT2D eigenvalue weighted by Crippen LogP contribution is 2.37. The van der Waals surface area contributed by atoms with Crippen molar-refractivity contribution in [3.63, 3.8) is 0 Å². The number of H-pyrrole nitrogens is 1. The lowest BCUT2D eigenvalue weighted by Gasteiger charge is -2.13. The van der Waals surface area contributed by atoms with Crippen molar-refractivity contribution in [2.24, 2.45) is 7.05 Å². The van der Waals surface area contributed by atoms with Crippen LogP contribution in [-0.2, 0) is 13.5 Å². The number of benzene rings is 3. The fraction of sp³-hybridized carbons (Fsp3) is 0.0968. The smallest absolute Gasteiger partial charge is 0.266 e. The van der Waals surface area contributed by atoms with Gasteiger partial charge in [-0.1, -0.05) is 24.3 Å². The van der Waals surface area contributed by atoms with Crippen LogP contribution in [0.25, 0.3) is 27.7 Å². The molecule has 6 rings (SSSR count). The summed E-state index contributed by atoms with van der Waals surface area (Å²) in [7, 11) is 1.84. The van der Waals surface area contributed by atoms with E-state index in [9.17, 15) is 9.59 Å². The van der Waals surface area contributed by atoms with E-state index in [-0.39, 0.29) is 17.7 Å². The van der Waals surface area contributed by atoms with Gasteiger partial charge in [0.25, 0.3) is 5.56 Å². The maximum atomic E-state index is 15.3. The lowest BCUT2D eigenvalue weighted by atomic mass is 10.0. The predicted molar refractivity (Wildman–Crippen MR) is 150 cm³/mol. The summed E-state index contributed by atoms with van der Waals surface area (Å²) in [6.45, 7) is 1.81. The molecule has 0 aliphatic heterocycles. The molecule has 3 heterocycles. The maximum Gasteiger partial charge on any atom is 0.266 e. The number of carbonyl (C=O) groups is 1. The Labute approximate surface area is 228 Å². The summed E-state index contributed by atoms with van der Waals surface area (Å²) < 4.78 is 24.5. The van der Waals surface area contributed by atoms with E-state index < -0.39 is 17.2 Å². The van der Waals surface area contributed by atoms with Crippen LogP contribution in [0.15, 0.2) is 96.2 Å². The number of hydrogen-bond donors (Lipinski definition) is 1. The van der Waals surface area contributed by atoms with Crippen LogP contribution < -0.4 is 10.3 Å². The molecule has 0 amide bonds. The molecule has 3 aromatic heterocycles. The number of fused-ring (bicyclic) bond motifs is 1. The molecular formula is C31H24FN5O3. The van der Waals surface area contributed by atoms with Crippen molar-refractivity contribution in [1.82, 2.24) is 24.5 Å². The minimum absolute atomic E-state index is 0.00551. The number of nitrogens with one attached hydrogen (secondary N) is 1. The van der Waals surface area contributed by atoms with Crippen molar-refractivity contribution in [3.05, 3.63) is 124 Å². The lowest BCUT2D eigenvalue weighted by Crippen LogP contribution is -2.27. The van der Waals surface area contributed by atoms with Crippen LogP contribution in [-0.4, -0.2) is 30.3 Å². The minimum Gasteiger partial charge on any atom is -0.454 e. The Morgan fingerprint density at radius 3 is 2.58 bits per heavy atom. The molecule has 1 N–H and O–H groups in total. The Bertz CT molecular complexity index is 1920. The number of aromatic nitrogens is 5. The number of para-hydroxylation sites is 1. The monoisotopic (exact) mass is 533 g/mol. The SMILES string of the molecule is Cc1ccc(C(=O)Cc2ccc(Oc3cc4cnn(C)c4cc3-c3cn[nH]c3)c(F)c2)c(=O)n1-c1ccccc1. The van der Waals surface area contributed by atoms with Crippen molar-refractivity contribution in [2.75, 3.05) is 0 Å². The van der Waals surface area contributed by atoms with Gasteiger partial charge >= 0.3 is 0 Å². The molecule has 0 bridgehead atoms. The summed E-state index contributed by atoms with van der Waals surface area (Å²) in [6, 6.07) is 20.5. The van der Waals surface area contributed by atoms with Crippen molar-refractivity contribution in [3.8, 4) is 28.3 Å². The second kappa shape index (κ2) is 10.1. The van der Waals surface area contributed by atoms with Gasteiger partial charge in [0.2, 0.25) is 0 Å². The second-order valence-corrected chi connectivity index (χ2v) is 9.49. The molecule has 40 heavy (non-hydrogen) atoms. The molecule has 0 saturated heterocycles. The van der Waals surface area contributed by atoms with Gasteiger partial charge in [-0.2, -0.15) is 10.2 Å². The van der Waals surface area contributed by atoms with Gasteiger partial charge < -0.3 is 4.74 Å². The molecule has 0 unspecified atom stereocenters. The highest BCUT2D eigenvalue weighted by atomic mass is 19.1. The first kappa shape index (κ1) is 25.0. The summed E-state index contributed by atoms with van der Waals surface area (Å²) in [6.07, 6.45) is 4.97. The summed E-state index contributed by atoms with van der Waals surface area (Å²) in [5, 5.41) is 11.9. The van der Waals surface area contributed by atoms with Crippen molar-refractivity contribution < 1.29 is 13.9 Å². The number of aromatic amines is 1. The molecule has 0 fully saturated rings. The van der Waals surface area contributed by atoms with Gasteiger partial charge in [-0.05, 0) is 61.0 Å². The molecule has 0 aliphatic carbocycles. The highest BCUT2D eigenvalue weighted by Gasteiger charge is 2.18. The maximum absolute atomic E-state index is 15.3. The van der Waals surface area contributed by atoms with E-state index >= 15 is 4.39 Å². The van der Waals surface area contributed by atoms with E-state index in [4.69, 9.17) is 4.74 Å². The van der Waals surface area contributed by atoms with Crippen molar-refractivity contribution in [2.45, 2.75) is 13.3 Å². The third-order valence-electron chi connectivity index (χ3n) is 6.83. The van der Waals surface area contributed by atoms with Gasteiger partial charge in [0.15, 0.2) is 17.3 Å². The number of ether oxygens (including phenoxy) is 1. The topological polar surface area (TPSA) is 94.8 Å². The number of Topliss-reactive ketones (excluding diaryl/α,β-unsaturated/α-hetero) is 1. The first-order valence-corrected chi connectivity index (χ1v) is 12.6. The molecule has 8 nitrogen and oxygen atoms in total. The van der Waals surface area contributed by atoms with Crippen LogP contribution in [0.3, 0.4) is 0 Å². The molecule has 198 valence electrons. The van der Waals surface area contributed by atoms with Crippen LogP contribution in [0.1, 0.15) is 21.6 Å². The van der Waals surface area contributed by atoms with E-state index in [1.54, 1.807) is 60.5 Å². The third-order valence-corrected chi connectivity index (χ3v) is 6.83. The average molecular weight is 534 g/mol. The Balaban J connectivity index is 1.28. The van der Waals surface area contributed by atoms with E-state index in [1.165, 1.54) is 22.8 Å². The first-order valence-electron chi connectivity index (χ1n) is 12.6. The van der Waals surface area contributed by atoms with Crippen LogP contribution in [0.4, 0.5) is 4.39 Å². The van der Waals surface area contributed by atoms with Crippen LogP contribution in [0.5, 0.6) is 11.5 Å². The summed E-state index contributed by atoms with van der Waals surface area (Å²) in [5.74, 6) is -0.580. The fourth-order valence-electron chi connectivity index (χ4n) is 4.76. The summed E-state index contributed by atoms with van der Waals surface area (Å²) >= 11 is 0. The summed E-state index contributed by atoms with van der Waals surface area (Å²) in [4.78, 5) is 26.3. The van der Waals surface area contributed by atoms with E-state index in [0.29, 0.717) is 22.7 Å². The third kappa shape index (κ3) is 4.58. The molecule has 0 spiro atoms. The molecular weight excluding hydrogens is 509 g/mol. The number of carbonyl (C=O) groups excluding carboxylic acids is 1. The Morgan fingerprint density at radius 2 is 1.82 bits per heavy atom. The molecule has 0 radical (unpaired) electrons. The number of rotatable bonds is 7. The number of hydrogen-bond acceptors (Lipinski definition) is 5. The number of pyridine rings is 1. The van der Waals surface area contributed by atoms with E-state index in [0.717, 1.165) is 22.0 Å². The zero-order valence-corrected chi connectivity index (χ0v) is 21.8. The number of nitrogens with zero attached hydrogens (tertiary/aromatic N) is 4. The van der Waals surface area contributed by atoms with Gasteiger partial charge in [0, 0.05) is 47.6 Å². The minimum atomic E-state index is -0.625. The Hall–Kier alpha value is -5.31. The zero-order valence-electron chi connectivity index (χ0n) is 21.8. The second-order valence-electron chi connectivity index (χ2n) is 9.49. The highest BCUT2D eigenvalue weighted by molar-refractivity contribution is 5.97. The number of halogens is 1. The standard InChI is InChI=1S/C31H24FN5O3/c1-19-8-10-24(31(39)37(19)23-6-4-3-5-7-23)28(38)13-20-9-11-29(26(32)12-20)40-30-14-21-18-35-36(2)27(21)15-25(30)22-16-33-34-17-22/h3-12,14-18H,13H2,1-2H3,(H,33,34). The molecule has 9 heteroatoms. The van der Waals surface area contributed by atoms with Gasteiger partial charge in [-0.15, -0.1) is 0 Å². The summed E-state index contributed by atoms with van der Waals surface area (Å²) in [5.41, 5.74) is 3.83. The molecule has 0 aliphatic rings. The van der Waals surface area contributed by atoms with Gasteiger partial charge in [-0.25, -0.2) is 4.39 Å². The number of ketones is 1. The van der Waals surface area contributed by atoms with Crippen LogP contribution in [0.2, 0.25) is 0 Å². The zero-order chi connectivity index (χ0) is 27.8. The molecule has 0 saturated carbocycles. The lowest BCUT2D eigenvalue weighted by molar-refractivity contribution is 0.0991. The Kier molecular flexibility index (Phi) is 6.31. The molecule has 0 atom stereocenters. The normalized spacial score (nSPS) is 11.2. The molecule has 3 aromatic carbocycles. The van der Waals surface area contributed by atoms with Crippen molar-refractivity contribution >= 4 is 16.7 Å². The van der Waals surface area contributed by atoms with Gasteiger partial charge in [0.05, 0.1) is 23.5 Å². The number of aryl methyl sites for hydroxylation is 2. The van der Waals surface area contributed by atoms with E-state index in [2.05, 4.69) is 15.3 Å². The predicted octanol–water partition coefficient (Wildman–Crippen LogP) is 5.78. The van der Waals surface area contributed by atoms with Crippen LogP contribution >= 0.6 is 0 Å². The van der Waals surface area contributed by atoms with Gasteiger partial charge in [-0.3, -0.25) is 23.9 Å².